The molecule has 3 rings (SSSR count). The van der Waals surface area contributed by atoms with Gasteiger partial charge < -0.3 is 4.74 Å². The van der Waals surface area contributed by atoms with E-state index in [1.54, 1.807) is 24.5 Å². The monoisotopic (exact) mass is 374 g/mol. The molecule has 2 heterocycles. The fourth-order valence-corrected chi connectivity index (χ4v) is 3.87. The van der Waals surface area contributed by atoms with Crippen LogP contribution >= 0.6 is 0 Å². The summed E-state index contributed by atoms with van der Waals surface area (Å²) in [5.74, 6) is -0.496. The van der Waals surface area contributed by atoms with Crippen LogP contribution in [0.3, 0.4) is 0 Å². The molecule has 0 spiro atoms. The Hall–Kier alpha value is -2.62. The minimum absolute atomic E-state index is 0.0725. The summed E-state index contributed by atoms with van der Waals surface area (Å²) in [5.41, 5.74) is 3.32. The molecule has 0 radical (unpaired) electrons. The minimum Gasteiger partial charge on any atom is -0.379 e. The van der Waals surface area contributed by atoms with Gasteiger partial charge in [0.1, 0.15) is 0 Å². The topological polar surface area (TPSA) is 101 Å². The first-order valence-electron chi connectivity index (χ1n) is 7.99. The summed E-state index contributed by atoms with van der Waals surface area (Å²) < 4.78 is 31.9. The second-order valence-electron chi connectivity index (χ2n) is 5.53. The highest BCUT2D eigenvalue weighted by Gasteiger charge is 2.26. The molecule has 0 atom stereocenters. The Balaban J connectivity index is 1.72. The largest absolute Gasteiger partial charge is 0.379 e. The molecule has 0 unspecified atom stereocenters. The maximum Gasteiger partial charge on any atom is 0.271 e. The molecule has 1 aliphatic heterocycles. The molecule has 9 heteroatoms. The van der Waals surface area contributed by atoms with Crippen molar-refractivity contribution in [2.45, 2.75) is 4.90 Å². The van der Waals surface area contributed by atoms with Crippen LogP contribution in [-0.4, -0.2) is 56.1 Å². The lowest BCUT2D eigenvalue weighted by Gasteiger charge is -2.26. The van der Waals surface area contributed by atoms with Crippen LogP contribution in [0.4, 0.5) is 0 Å². The highest BCUT2D eigenvalue weighted by atomic mass is 32.2. The first-order chi connectivity index (χ1) is 12.6. The van der Waals surface area contributed by atoms with Gasteiger partial charge in [-0.15, -0.1) is 0 Å². The van der Waals surface area contributed by atoms with Crippen molar-refractivity contribution in [2.75, 3.05) is 26.3 Å². The summed E-state index contributed by atoms with van der Waals surface area (Å²) in [5, 5.41) is 3.86. The van der Waals surface area contributed by atoms with E-state index in [0.29, 0.717) is 26.3 Å². The molecule has 2 aromatic rings. The Kier molecular flexibility index (Phi) is 5.71. The van der Waals surface area contributed by atoms with Gasteiger partial charge in [-0.1, -0.05) is 12.1 Å². The van der Waals surface area contributed by atoms with Crippen molar-refractivity contribution in [3.05, 3.63) is 59.9 Å². The Morgan fingerprint density at radius 1 is 1.23 bits per heavy atom. The molecular formula is C17H18N4O4S. The third-order valence-electron chi connectivity index (χ3n) is 3.77. The van der Waals surface area contributed by atoms with E-state index in [9.17, 15) is 13.2 Å². The molecule has 1 aromatic carbocycles. The maximum absolute atomic E-state index is 12.7. The number of morpholine rings is 1. The Labute approximate surface area is 151 Å². The third-order valence-corrected chi connectivity index (χ3v) is 5.66. The standard InChI is InChI=1S/C17H18N4O4S/c22-17(20-19-13-14-3-2-6-18-12-14)15-4-1-5-16(11-15)26(23,24)21-7-9-25-10-8-21/h1-6,11-13H,7-10H2,(H,20,22)/b19-13+. The number of carbonyl (C=O) groups excluding carboxylic acids is 1. The number of pyridine rings is 1. The lowest BCUT2D eigenvalue weighted by Crippen LogP contribution is -2.40. The van der Waals surface area contributed by atoms with Gasteiger partial charge in [0.25, 0.3) is 5.91 Å². The van der Waals surface area contributed by atoms with E-state index in [2.05, 4.69) is 15.5 Å². The minimum atomic E-state index is -3.65. The smallest absolute Gasteiger partial charge is 0.271 e. The lowest BCUT2D eigenvalue weighted by atomic mass is 10.2. The van der Waals surface area contributed by atoms with Gasteiger partial charge in [-0.25, -0.2) is 13.8 Å². The molecule has 136 valence electrons. The molecule has 1 saturated heterocycles. The number of amides is 1. The molecule has 0 bridgehead atoms. The summed E-state index contributed by atoms with van der Waals surface area (Å²) in [6.07, 6.45) is 4.70. The Morgan fingerprint density at radius 3 is 2.77 bits per heavy atom. The maximum atomic E-state index is 12.7. The molecule has 26 heavy (non-hydrogen) atoms. The predicted octanol–water partition coefficient (Wildman–Crippen LogP) is 0.866. The second kappa shape index (κ2) is 8.17. The van der Waals surface area contributed by atoms with Gasteiger partial charge in [-0.05, 0) is 24.3 Å². The molecule has 1 aromatic heterocycles. The normalized spacial score (nSPS) is 15.8. The SMILES string of the molecule is O=C(N/N=C/c1cccnc1)c1cccc(S(=O)(=O)N2CCOCC2)c1. The van der Waals surface area contributed by atoms with Gasteiger partial charge >= 0.3 is 0 Å². The van der Waals surface area contributed by atoms with Crippen LogP contribution in [0.5, 0.6) is 0 Å². The van der Waals surface area contributed by atoms with Gasteiger partial charge in [0.2, 0.25) is 10.0 Å². The van der Waals surface area contributed by atoms with Crippen LogP contribution in [0.15, 0.2) is 58.8 Å². The Bertz CT molecular complexity index is 894. The van der Waals surface area contributed by atoms with Crippen LogP contribution in [0.25, 0.3) is 0 Å². The van der Waals surface area contributed by atoms with Crippen molar-refractivity contribution >= 4 is 22.1 Å². The number of aromatic nitrogens is 1. The molecule has 1 aliphatic rings. The number of nitrogens with zero attached hydrogens (tertiary/aromatic N) is 3. The average molecular weight is 374 g/mol. The number of hydrogen-bond donors (Lipinski definition) is 1. The summed E-state index contributed by atoms with van der Waals surface area (Å²) in [7, 11) is -3.65. The number of hydrogen-bond acceptors (Lipinski definition) is 6. The van der Waals surface area contributed by atoms with E-state index in [1.807, 2.05) is 0 Å². The molecular weight excluding hydrogens is 356 g/mol. The van der Waals surface area contributed by atoms with Gasteiger partial charge in [-0.3, -0.25) is 9.78 Å². The van der Waals surface area contributed by atoms with E-state index in [1.165, 1.54) is 34.8 Å². The number of ether oxygens (including phenoxy) is 1. The van der Waals surface area contributed by atoms with Crippen molar-refractivity contribution in [2.24, 2.45) is 5.10 Å². The summed E-state index contributed by atoms with van der Waals surface area (Å²) in [4.78, 5) is 16.2. The summed E-state index contributed by atoms with van der Waals surface area (Å²) >= 11 is 0. The first kappa shape index (κ1) is 18.2. The molecule has 1 N–H and O–H groups in total. The zero-order valence-corrected chi connectivity index (χ0v) is 14.7. The summed E-state index contributed by atoms with van der Waals surface area (Å²) in [6, 6.07) is 9.43. The van der Waals surface area contributed by atoms with Gasteiger partial charge in [0, 0.05) is 36.6 Å². The van der Waals surface area contributed by atoms with Gasteiger partial charge in [0.05, 0.1) is 24.3 Å². The van der Waals surface area contributed by atoms with Crippen LogP contribution in [0.1, 0.15) is 15.9 Å². The molecule has 0 aliphatic carbocycles. The number of rotatable bonds is 5. The molecule has 1 amide bonds. The van der Waals surface area contributed by atoms with Crippen LogP contribution < -0.4 is 5.43 Å². The number of carbonyl (C=O) groups is 1. The van der Waals surface area contributed by atoms with Crippen molar-refractivity contribution in [3.8, 4) is 0 Å². The Morgan fingerprint density at radius 2 is 2.04 bits per heavy atom. The third kappa shape index (κ3) is 4.31. The number of hydrazone groups is 1. The predicted molar refractivity (Wildman–Crippen MR) is 95.3 cm³/mol. The first-order valence-corrected chi connectivity index (χ1v) is 9.43. The van der Waals surface area contributed by atoms with Crippen molar-refractivity contribution in [1.29, 1.82) is 0 Å². The van der Waals surface area contributed by atoms with E-state index < -0.39 is 15.9 Å². The molecule has 1 fully saturated rings. The average Bonchev–Trinajstić information content (AvgIpc) is 2.69. The van der Waals surface area contributed by atoms with E-state index in [4.69, 9.17) is 4.74 Å². The van der Waals surface area contributed by atoms with Crippen molar-refractivity contribution in [3.63, 3.8) is 0 Å². The number of sulfonamides is 1. The van der Waals surface area contributed by atoms with Gasteiger partial charge in [-0.2, -0.15) is 9.41 Å². The zero-order valence-electron chi connectivity index (χ0n) is 13.9. The van der Waals surface area contributed by atoms with Crippen molar-refractivity contribution < 1.29 is 17.9 Å². The van der Waals surface area contributed by atoms with Gasteiger partial charge in [0.15, 0.2) is 0 Å². The van der Waals surface area contributed by atoms with Crippen molar-refractivity contribution in [1.82, 2.24) is 14.7 Å². The fourth-order valence-electron chi connectivity index (χ4n) is 2.42. The van der Waals surface area contributed by atoms with E-state index >= 15 is 0 Å². The second-order valence-corrected chi connectivity index (χ2v) is 7.47. The quantitative estimate of drug-likeness (QED) is 0.618. The lowest BCUT2D eigenvalue weighted by molar-refractivity contribution is 0.0730. The number of benzene rings is 1. The zero-order chi connectivity index (χ0) is 18.4. The molecule has 8 nitrogen and oxygen atoms in total. The fraction of sp³-hybridized carbons (Fsp3) is 0.235. The summed E-state index contributed by atoms with van der Waals surface area (Å²) in [6.45, 7) is 1.33. The van der Waals surface area contributed by atoms with E-state index in [-0.39, 0.29) is 10.5 Å². The molecule has 0 saturated carbocycles. The van der Waals surface area contributed by atoms with Crippen LogP contribution in [0.2, 0.25) is 0 Å². The number of nitrogens with one attached hydrogen (secondary N) is 1. The highest BCUT2D eigenvalue weighted by molar-refractivity contribution is 7.89. The van der Waals surface area contributed by atoms with E-state index in [0.717, 1.165) is 5.56 Å². The van der Waals surface area contributed by atoms with Crippen LogP contribution in [-0.2, 0) is 14.8 Å². The van der Waals surface area contributed by atoms with Crippen LogP contribution in [0, 0.1) is 0 Å². The highest BCUT2D eigenvalue weighted by Crippen LogP contribution is 2.18.